The molecule has 0 heterocycles. The van der Waals surface area contributed by atoms with Crippen LogP contribution in [0.4, 0.5) is 0 Å². The van der Waals surface area contributed by atoms with Gasteiger partial charge in [-0.1, -0.05) is 49.5 Å². The first-order valence-corrected chi connectivity index (χ1v) is 11.4. The molecule has 3 nitrogen and oxygen atoms in total. The number of carbonyl (C=O) groups is 1. The molecule has 0 spiro atoms. The van der Waals surface area contributed by atoms with Crippen molar-refractivity contribution in [3.8, 4) is 0 Å². The molecule has 2 atom stereocenters. The van der Waals surface area contributed by atoms with Crippen LogP contribution in [0.2, 0.25) is 6.04 Å². The van der Waals surface area contributed by atoms with Crippen molar-refractivity contribution in [2.75, 3.05) is 0 Å². The van der Waals surface area contributed by atoms with Gasteiger partial charge in [-0.15, -0.1) is 13.2 Å². The standard InChI is InChI=1S/C21H29O3Si/c1-6-25(7-2,8-3)19-12-10-18(11-13-19)21(22)24-23-20-14-9-16(4)15-17(20)5/h6-7,10-13,16-17H,1-2,8-9,14-15H2,3-5H3. The van der Waals surface area contributed by atoms with Gasteiger partial charge in [0.05, 0.1) is 5.56 Å². The van der Waals surface area contributed by atoms with E-state index in [2.05, 4.69) is 33.9 Å². The van der Waals surface area contributed by atoms with Crippen LogP contribution >= 0.6 is 0 Å². The molecule has 1 aliphatic rings. The lowest BCUT2D eigenvalue weighted by Gasteiger charge is -2.29. The molecular weight excluding hydrogens is 328 g/mol. The smallest absolute Gasteiger partial charge is 0.292 e. The Balaban J connectivity index is 1.99. The zero-order valence-corrected chi connectivity index (χ0v) is 16.6. The molecule has 0 aromatic heterocycles. The second-order valence-electron chi connectivity index (χ2n) is 7.08. The van der Waals surface area contributed by atoms with E-state index in [1.807, 2.05) is 23.5 Å². The van der Waals surface area contributed by atoms with Crippen molar-refractivity contribution in [1.29, 1.82) is 0 Å². The van der Waals surface area contributed by atoms with Gasteiger partial charge in [0, 0.05) is 0 Å². The second-order valence-corrected chi connectivity index (χ2v) is 11.3. The summed E-state index contributed by atoms with van der Waals surface area (Å²) in [6, 6.07) is 8.55. The molecule has 25 heavy (non-hydrogen) atoms. The van der Waals surface area contributed by atoms with Crippen LogP contribution in [-0.2, 0) is 9.78 Å². The molecule has 0 amide bonds. The first kappa shape index (κ1) is 19.7. The highest BCUT2D eigenvalue weighted by Crippen LogP contribution is 2.35. The minimum absolute atomic E-state index is 0.329. The molecule has 0 aliphatic heterocycles. The Kier molecular flexibility index (Phi) is 6.79. The molecule has 1 radical (unpaired) electrons. The maximum Gasteiger partial charge on any atom is 0.373 e. The molecule has 2 unspecified atom stereocenters. The topological polar surface area (TPSA) is 35.5 Å². The largest absolute Gasteiger partial charge is 0.373 e. The number of rotatable bonds is 7. The van der Waals surface area contributed by atoms with E-state index >= 15 is 0 Å². The van der Waals surface area contributed by atoms with Gasteiger partial charge in [-0.3, -0.25) is 4.89 Å². The van der Waals surface area contributed by atoms with Crippen molar-refractivity contribution < 1.29 is 14.6 Å². The lowest BCUT2D eigenvalue weighted by atomic mass is 9.81. The van der Waals surface area contributed by atoms with Crippen LogP contribution in [0.5, 0.6) is 0 Å². The van der Waals surface area contributed by atoms with Crippen LogP contribution in [0.3, 0.4) is 0 Å². The minimum Gasteiger partial charge on any atom is -0.292 e. The molecular formula is C21H29O3Si. The van der Waals surface area contributed by atoms with Crippen molar-refractivity contribution in [2.45, 2.75) is 46.1 Å². The summed E-state index contributed by atoms with van der Waals surface area (Å²) in [5, 5.41) is 1.20. The van der Waals surface area contributed by atoms with Crippen LogP contribution in [-0.4, -0.2) is 14.0 Å². The fourth-order valence-corrected chi connectivity index (χ4v) is 5.89. The van der Waals surface area contributed by atoms with E-state index in [0.29, 0.717) is 17.4 Å². The molecule has 0 N–H and O–H groups in total. The Hall–Kier alpha value is -1.65. The zero-order valence-electron chi connectivity index (χ0n) is 15.6. The van der Waals surface area contributed by atoms with Crippen LogP contribution in [0.25, 0.3) is 0 Å². The van der Waals surface area contributed by atoms with Gasteiger partial charge < -0.3 is 0 Å². The Bertz CT molecular complexity index is 600. The van der Waals surface area contributed by atoms with Crippen LogP contribution in [0.1, 0.15) is 50.4 Å². The first-order valence-electron chi connectivity index (χ1n) is 9.08. The third-order valence-corrected chi connectivity index (χ3v) is 9.42. The molecule has 4 heteroatoms. The summed E-state index contributed by atoms with van der Waals surface area (Å²) in [6.07, 6.45) is 3.89. The van der Waals surface area contributed by atoms with E-state index < -0.39 is 14.0 Å². The lowest BCUT2D eigenvalue weighted by molar-refractivity contribution is -0.247. The number of benzene rings is 1. The third kappa shape index (κ3) is 4.50. The van der Waals surface area contributed by atoms with Crippen LogP contribution in [0, 0.1) is 17.9 Å². The molecule has 1 aliphatic carbocycles. The summed E-state index contributed by atoms with van der Waals surface area (Å²) in [5.74, 6) is 0.574. The van der Waals surface area contributed by atoms with E-state index in [9.17, 15) is 4.79 Å². The van der Waals surface area contributed by atoms with Crippen molar-refractivity contribution in [3.63, 3.8) is 0 Å². The summed E-state index contributed by atoms with van der Waals surface area (Å²) in [5.41, 5.74) is 4.55. The van der Waals surface area contributed by atoms with Gasteiger partial charge in [0.1, 0.15) is 8.07 Å². The second kappa shape index (κ2) is 8.63. The summed E-state index contributed by atoms with van der Waals surface area (Å²) < 4.78 is 0. The van der Waals surface area contributed by atoms with Gasteiger partial charge in [0.15, 0.2) is 6.10 Å². The molecule has 1 fully saturated rings. The van der Waals surface area contributed by atoms with Crippen LogP contribution in [0.15, 0.2) is 48.8 Å². The summed E-state index contributed by atoms with van der Waals surface area (Å²) >= 11 is 0. The average Bonchev–Trinajstić information content (AvgIpc) is 2.63. The number of hydrogen-bond donors (Lipinski definition) is 0. The average molecular weight is 358 g/mol. The molecule has 2 rings (SSSR count). The van der Waals surface area contributed by atoms with Crippen LogP contribution < -0.4 is 5.19 Å². The summed E-state index contributed by atoms with van der Waals surface area (Å²) in [7, 11) is -1.87. The molecule has 0 saturated heterocycles. The Morgan fingerprint density at radius 1 is 1.24 bits per heavy atom. The lowest BCUT2D eigenvalue weighted by Crippen LogP contribution is -2.43. The molecule has 1 saturated carbocycles. The molecule has 135 valence electrons. The molecule has 0 bridgehead atoms. The summed E-state index contributed by atoms with van der Waals surface area (Å²) in [6.45, 7) is 14.5. The maximum absolute atomic E-state index is 12.2. The van der Waals surface area contributed by atoms with Gasteiger partial charge >= 0.3 is 5.97 Å². The van der Waals surface area contributed by atoms with E-state index in [1.54, 1.807) is 12.1 Å². The molecule has 1 aromatic rings. The number of carbonyl (C=O) groups excluding carboxylic acids is 1. The zero-order chi connectivity index (χ0) is 18.4. The Labute approximate surface area is 152 Å². The van der Waals surface area contributed by atoms with E-state index in [-0.39, 0.29) is 0 Å². The monoisotopic (exact) mass is 357 g/mol. The van der Waals surface area contributed by atoms with E-state index in [4.69, 9.17) is 9.78 Å². The predicted molar refractivity (Wildman–Crippen MR) is 105 cm³/mol. The highest BCUT2D eigenvalue weighted by Gasteiger charge is 2.30. The highest BCUT2D eigenvalue weighted by atomic mass is 28.3. The first-order chi connectivity index (χ1) is 12.0. The van der Waals surface area contributed by atoms with Gasteiger partial charge in [-0.25, -0.2) is 4.79 Å². The maximum atomic E-state index is 12.2. The normalized spacial score (nSPS) is 21.6. The Morgan fingerprint density at radius 3 is 2.40 bits per heavy atom. The van der Waals surface area contributed by atoms with Crippen molar-refractivity contribution in [3.05, 3.63) is 60.5 Å². The van der Waals surface area contributed by atoms with E-state index in [0.717, 1.165) is 31.4 Å². The van der Waals surface area contributed by atoms with Gasteiger partial charge in [-0.05, 0) is 49.3 Å². The summed E-state index contributed by atoms with van der Waals surface area (Å²) in [4.78, 5) is 22.7. The predicted octanol–water partition coefficient (Wildman–Crippen LogP) is 4.89. The fourth-order valence-electron chi connectivity index (χ4n) is 3.48. The van der Waals surface area contributed by atoms with Gasteiger partial charge in [0.25, 0.3) is 0 Å². The van der Waals surface area contributed by atoms with E-state index in [1.165, 1.54) is 5.19 Å². The third-order valence-electron chi connectivity index (χ3n) is 5.39. The van der Waals surface area contributed by atoms with Crippen molar-refractivity contribution in [2.24, 2.45) is 11.8 Å². The Morgan fingerprint density at radius 2 is 1.88 bits per heavy atom. The SMILES string of the molecule is C=C[Si](C=C)(CC)c1ccc(C(=O)OO[C]2CCC(C)CC2C)cc1. The fraction of sp³-hybridized carbons (Fsp3) is 0.429. The minimum atomic E-state index is -1.87. The quantitative estimate of drug-likeness (QED) is 0.396. The van der Waals surface area contributed by atoms with Crippen molar-refractivity contribution >= 4 is 19.2 Å². The van der Waals surface area contributed by atoms with Gasteiger partial charge in [-0.2, -0.15) is 4.89 Å². The number of hydrogen-bond acceptors (Lipinski definition) is 3. The highest BCUT2D eigenvalue weighted by molar-refractivity contribution is 6.99. The molecule has 1 aromatic carbocycles. The van der Waals surface area contributed by atoms with Gasteiger partial charge in [0.2, 0.25) is 0 Å². The van der Waals surface area contributed by atoms with Crippen molar-refractivity contribution in [1.82, 2.24) is 0 Å².